The average Bonchev–Trinajstić information content (AvgIpc) is 2.51. The third-order valence-electron chi connectivity index (χ3n) is 2.49. The highest BCUT2D eigenvalue weighted by atomic mass is 19.3. The number of carbonyl (C=O) groups excluding carboxylic acids is 2. The summed E-state index contributed by atoms with van der Waals surface area (Å²) in [6, 6.07) is 7.40. The lowest BCUT2D eigenvalue weighted by Gasteiger charge is -2.14. The molecule has 0 spiro atoms. The van der Waals surface area contributed by atoms with Crippen molar-refractivity contribution in [3.8, 4) is 11.8 Å². The van der Waals surface area contributed by atoms with Crippen LogP contribution in [0.4, 0.5) is 17.6 Å². The monoisotopic (exact) mass is 333 g/mol. The Hall–Kier alpha value is -2.63. The molecule has 0 aliphatic rings. The van der Waals surface area contributed by atoms with Crippen LogP contribution in [0.5, 0.6) is 5.75 Å². The Kier molecular flexibility index (Phi) is 6.50. The fourth-order valence-corrected chi connectivity index (χ4v) is 1.30. The number of esters is 2. The Morgan fingerprint density at radius 2 is 1.70 bits per heavy atom. The molecule has 1 rings (SSSR count). The van der Waals surface area contributed by atoms with Crippen molar-refractivity contribution >= 4 is 11.9 Å². The van der Waals surface area contributed by atoms with Crippen molar-refractivity contribution in [1.82, 2.24) is 0 Å². The van der Waals surface area contributed by atoms with E-state index in [0.717, 1.165) is 0 Å². The molecular weight excluding hydrogens is 322 g/mol. The summed E-state index contributed by atoms with van der Waals surface area (Å²) in [5.74, 6) is -6.36. The zero-order valence-corrected chi connectivity index (χ0v) is 11.6. The fourth-order valence-electron chi connectivity index (χ4n) is 1.30. The molecule has 23 heavy (non-hydrogen) atoms. The maximum absolute atomic E-state index is 12.5. The van der Waals surface area contributed by atoms with Crippen LogP contribution in [-0.4, -0.2) is 30.9 Å². The van der Waals surface area contributed by atoms with Gasteiger partial charge in [-0.05, 0) is 24.3 Å². The molecular formula is C14H11F4NO4. The molecule has 0 aromatic heterocycles. The molecule has 0 unspecified atom stereocenters. The molecule has 0 fully saturated rings. The standard InChI is InChI=1S/C14H11F4NO4/c15-13(16)14(17,18)8-22-11(20)5-6-12(21)23-10-3-1-9(7-19)2-4-10/h1-4,13H,5-6,8H2. The van der Waals surface area contributed by atoms with Gasteiger partial charge in [0.2, 0.25) is 0 Å². The number of halogens is 4. The number of hydrogen-bond donors (Lipinski definition) is 0. The van der Waals surface area contributed by atoms with Gasteiger partial charge in [0, 0.05) is 0 Å². The summed E-state index contributed by atoms with van der Waals surface area (Å²) in [6.07, 6.45) is -5.01. The van der Waals surface area contributed by atoms with Crippen LogP contribution < -0.4 is 4.74 Å². The minimum Gasteiger partial charge on any atom is -0.459 e. The molecule has 1 aromatic rings. The molecule has 5 nitrogen and oxygen atoms in total. The summed E-state index contributed by atoms with van der Waals surface area (Å²) >= 11 is 0. The lowest BCUT2D eigenvalue weighted by Crippen LogP contribution is -2.33. The van der Waals surface area contributed by atoms with Crippen molar-refractivity contribution in [2.24, 2.45) is 0 Å². The molecule has 0 amide bonds. The molecule has 0 aliphatic heterocycles. The lowest BCUT2D eigenvalue weighted by atomic mass is 10.2. The fraction of sp³-hybridized carbons (Fsp3) is 0.357. The summed E-state index contributed by atoms with van der Waals surface area (Å²) in [7, 11) is 0. The van der Waals surface area contributed by atoms with Gasteiger partial charge in [-0.1, -0.05) is 0 Å². The van der Waals surface area contributed by atoms with Gasteiger partial charge in [-0.15, -0.1) is 0 Å². The second kappa shape index (κ2) is 8.12. The van der Waals surface area contributed by atoms with Crippen molar-refractivity contribution < 1.29 is 36.6 Å². The summed E-state index contributed by atoms with van der Waals surface area (Å²) in [4.78, 5) is 22.5. The molecule has 0 aliphatic carbocycles. The molecule has 0 N–H and O–H groups in total. The van der Waals surface area contributed by atoms with Gasteiger partial charge in [0.25, 0.3) is 0 Å². The molecule has 1 aromatic carbocycles. The van der Waals surface area contributed by atoms with Crippen LogP contribution in [0.1, 0.15) is 18.4 Å². The molecule has 0 atom stereocenters. The third-order valence-corrected chi connectivity index (χ3v) is 2.49. The van der Waals surface area contributed by atoms with E-state index in [2.05, 4.69) is 4.74 Å². The maximum atomic E-state index is 12.5. The van der Waals surface area contributed by atoms with Crippen molar-refractivity contribution in [2.75, 3.05) is 6.61 Å². The first kappa shape index (κ1) is 18.4. The molecule has 0 bridgehead atoms. The number of nitriles is 1. The summed E-state index contributed by atoms with van der Waals surface area (Å²) in [5, 5.41) is 8.59. The van der Waals surface area contributed by atoms with Crippen LogP contribution in [0.3, 0.4) is 0 Å². The Morgan fingerprint density at radius 3 is 2.22 bits per heavy atom. The Bertz CT molecular complexity index is 596. The predicted octanol–water partition coefficient (Wildman–Crippen LogP) is 2.69. The second-order valence-electron chi connectivity index (χ2n) is 4.33. The zero-order chi connectivity index (χ0) is 17.5. The molecule has 0 heterocycles. The topological polar surface area (TPSA) is 76.4 Å². The lowest BCUT2D eigenvalue weighted by molar-refractivity contribution is -0.180. The summed E-state index contributed by atoms with van der Waals surface area (Å²) < 4.78 is 57.5. The number of nitrogens with zero attached hydrogens (tertiary/aromatic N) is 1. The van der Waals surface area contributed by atoms with E-state index in [9.17, 15) is 27.2 Å². The van der Waals surface area contributed by atoms with Gasteiger partial charge in [-0.25, -0.2) is 8.78 Å². The van der Waals surface area contributed by atoms with E-state index < -0.39 is 43.7 Å². The largest absolute Gasteiger partial charge is 0.459 e. The van der Waals surface area contributed by atoms with Gasteiger partial charge in [-0.3, -0.25) is 9.59 Å². The van der Waals surface area contributed by atoms with E-state index in [1.807, 2.05) is 6.07 Å². The van der Waals surface area contributed by atoms with Gasteiger partial charge >= 0.3 is 24.3 Å². The van der Waals surface area contributed by atoms with Crippen LogP contribution in [0, 0.1) is 11.3 Å². The number of hydrogen-bond acceptors (Lipinski definition) is 5. The zero-order valence-electron chi connectivity index (χ0n) is 11.6. The average molecular weight is 333 g/mol. The quantitative estimate of drug-likeness (QED) is 0.436. The Balaban J connectivity index is 2.35. The predicted molar refractivity (Wildman–Crippen MR) is 67.9 cm³/mol. The van der Waals surface area contributed by atoms with E-state index in [-0.39, 0.29) is 5.75 Å². The van der Waals surface area contributed by atoms with Crippen molar-refractivity contribution in [3.63, 3.8) is 0 Å². The molecule has 9 heteroatoms. The van der Waals surface area contributed by atoms with Crippen molar-refractivity contribution in [3.05, 3.63) is 29.8 Å². The molecule has 0 saturated carbocycles. The number of rotatable bonds is 7. The van der Waals surface area contributed by atoms with E-state index in [0.29, 0.717) is 5.56 Å². The number of alkyl halides is 4. The third kappa shape index (κ3) is 6.34. The van der Waals surface area contributed by atoms with Crippen LogP contribution in [0.15, 0.2) is 24.3 Å². The van der Waals surface area contributed by atoms with Crippen LogP contribution in [-0.2, 0) is 14.3 Å². The highest BCUT2D eigenvalue weighted by Crippen LogP contribution is 2.23. The van der Waals surface area contributed by atoms with Gasteiger partial charge < -0.3 is 9.47 Å². The highest BCUT2D eigenvalue weighted by Gasteiger charge is 2.42. The van der Waals surface area contributed by atoms with Crippen LogP contribution in [0.25, 0.3) is 0 Å². The first-order chi connectivity index (χ1) is 10.7. The summed E-state index contributed by atoms with van der Waals surface area (Å²) in [6.45, 7) is -1.76. The van der Waals surface area contributed by atoms with E-state index in [4.69, 9.17) is 10.00 Å². The first-order valence-corrected chi connectivity index (χ1v) is 6.27. The first-order valence-electron chi connectivity index (χ1n) is 6.27. The maximum Gasteiger partial charge on any atom is 0.340 e. The number of carbonyl (C=O) groups is 2. The number of ether oxygens (including phenoxy) is 2. The van der Waals surface area contributed by atoms with E-state index in [1.165, 1.54) is 24.3 Å². The molecule has 124 valence electrons. The minimum atomic E-state index is -4.43. The molecule has 0 radical (unpaired) electrons. The molecule has 0 saturated heterocycles. The minimum absolute atomic E-state index is 0.131. The Labute approximate surface area is 128 Å². The van der Waals surface area contributed by atoms with Crippen LogP contribution >= 0.6 is 0 Å². The van der Waals surface area contributed by atoms with E-state index >= 15 is 0 Å². The number of benzene rings is 1. The van der Waals surface area contributed by atoms with Crippen molar-refractivity contribution in [1.29, 1.82) is 5.26 Å². The van der Waals surface area contributed by atoms with Crippen molar-refractivity contribution in [2.45, 2.75) is 25.2 Å². The summed E-state index contributed by atoms with van der Waals surface area (Å²) in [5.41, 5.74) is 0.355. The normalized spacial score (nSPS) is 11.0. The van der Waals surface area contributed by atoms with Gasteiger partial charge in [0.1, 0.15) is 5.75 Å². The van der Waals surface area contributed by atoms with Gasteiger partial charge in [-0.2, -0.15) is 14.0 Å². The highest BCUT2D eigenvalue weighted by molar-refractivity contribution is 5.79. The van der Waals surface area contributed by atoms with Gasteiger partial charge in [0.05, 0.1) is 24.5 Å². The van der Waals surface area contributed by atoms with E-state index in [1.54, 1.807) is 0 Å². The Morgan fingerprint density at radius 1 is 1.13 bits per heavy atom. The second-order valence-corrected chi connectivity index (χ2v) is 4.33. The SMILES string of the molecule is N#Cc1ccc(OC(=O)CCC(=O)OCC(F)(F)C(F)F)cc1. The van der Waals surface area contributed by atoms with Gasteiger partial charge in [0.15, 0.2) is 6.61 Å². The van der Waals surface area contributed by atoms with Crippen LogP contribution in [0.2, 0.25) is 0 Å². The smallest absolute Gasteiger partial charge is 0.340 e.